The van der Waals surface area contributed by atoms with Gasteiger partial charge in [-0.1, -0.05) is 23.7 Å². The lowest BCUT2D eigenvalue weighted by molar-refractivity contribution is 0.221. The molecule has 2 heterocycles. The van der Waals surface area contributed by atoms with E-state index in [0.717, 1.165) is 72.4 Å². The summed E-state index contributed by atoms with van der Waals surface area (Å²) in [5.41, 5.74) is 0.985. The molecule has 1 aromatic heterocycles. The standard InChI is InChI=1S/C21H25ClN4O2/c1-27-19-5-2-3-6-20(19)28-14-4-9-25-10-12-26(13-11-25)21-17-8-7-16(22)15-18(17)23-24-21/h2-3,5-8,15H,4,9-14H2,1H3,(H,23,24). The first kappa shape index (κ1) is 18.9. The van der Waals surface area contributed by atoms with Crippen molar-refractivity contribution in [3.63, 3.8) is 0 Å². The second-order valence-corrected chi connectivity index (χ2v) is 7.36. The Balaban J connectivity index is 1.24. The van der Waals surface area contributed by atoms with Gasteiger partial charge < -0.3 is 14.4 Å². The predicted octanol–water partition coefficient (Wildman–Crippen LogP) is 3.82. The lowest BCUT2D eigenvalue weighted by atomic mass is 10.2. The zero-order chi connectivity index (χ0) is 19.3. The first-order valence-electron chi connectivity index (χ1n) is 9.61. The molecule has 0 unspecified atom stereocenters. The SMILES string of the molecule is COc1ccccc1OCCCN1CCN(c2n[nH]c3cc(Cl)ccc23)CC1. The van der Waals surface area contributed by atoms with Gasteiger partial charge in [-0.05, 0) is 36.8 Å². The molecule has 0 saturated carbocycles. The summed E-state index contributed by atoms with van der Waals surface area (Å²) in [6, 6.07) is 13.6. The molecule has 1 aliphatic rings. The number of nitrogens with zero attached hydrogens (tertiary/aromatic N) is 3. The maximum absolute atomic E-state index is 6.06. The molecule has 3 aromatic rings. The summed E-state index contributed by atoms with van der Waals surface area (Å²) in [6.07, 6.45) is 0.988. The van der Waals surface area contributed by atoms with Gasteiger partial charge in [0, 0.05) is 43.1 Å². The number of hydrogen-bond acceptors (Lipinski definition) is 5. The lowest BCUT2D eigenvalue weighted by Gasteiger charge is -2.35. The number of rotatable bonds is 7. The van der Waals surface area contributed by atoms with Crippen LogP contribution in [-0.2, 0) is 0 Å². The third-order valence-corrected chi connectivity index (χ3v) is 5.36. The van der Waals surface area contributed by atoms with Crippen LogP contribution in [0.5, 0.6) is 11.5 Å². The summed E-state index contributed by atoms with van der Waals surface area (Å²) >= 11 is 6.06. The number of aromatic nitrogens is 2. The van der Waals surface area contributed by atoms with Crippen molar-refractivity contribution in [2.45, 2.75) is 6.42 Å². The molecule has 1 saturated heterocycles. The van der Waals surface area contributed by atoms with Crippen molar-refractivity contribution in [3.05, 3.63) is 47.5 Å². The molecule has 6 nitrogen and oxygen atoms in total. The molecule has 148 valence electrons. The molecule has 0 atom stereocenters. The van der Waals surface area contributed by atoms with Crippen molar-refractivity contribution in [2.24, 2.45) is 0 Å². The molecule has 1 aliphatic heterocycles. The Morgan fingerprint density at radius 2 is 1.86 bits per heavy atom. The zero-order valence-corrected chi connectivity index (χ0v) is 16.8. The normalized spacial score (nSPS) is 15.1. The molecule has 28 heavy (non-hydrogen) atoms. The fraction of sp³-hybridized carbons (Fsp3) is 0.381. The molecular weight excluding hydrogens is 376 g/mol. The average Bonchev–Trinajstić information content (AvgIpc) is 3.15. The molecule has 1 fully saturated rings. The van der Waals surface area contributed by atoms with Gasteiger partial charge in [-0.15, -0.1) is 0 Å². The highest BCUT2D eigenvalue weighted by atomic mass is 35.5. The van der Waals surface area contributed by atoms with E-state index in [0.29, 0.717) is 6.61 Å². The molecule has 0 aliphatic carbocycles. The fourth-order valence-electron chi connectivity index (χ4n) is 3.61. The minimum Gasteiger partial charge on any atom is -0.493 e. The molecule has 0 radical (unpaired) electrons. The van der Waals surface area contributed by atoms with Crippen LogP contribution in [-0.4, -0.2) is 61.5 Å². The van der Waals surface area contributed by atoms with E-state index in [-0.39, 0.29) is 0 Å². The smallest absolute Gasteiger partial charge is 0.161 e. The second-order valence-electron chi connectivity index (χ2n) is 6.92. The largest absolute Gasteiger partial charge is 0.493 e. The number of methoxy groups -OCH3 is 1. The zero-order valence-electron chi connectivity index (χ0n) is 16.0. The van der Waals surface area contributed by atoms with E-state index in [4.69, 9.17) is 21.1 Å². The van der Waals surface area contributed by atoms with Crippen molar-refractivity contribution in [3.8, 4) is 11.5 Å². The molecule has 0 spiro atoms. The number of hydrogen-bond donors (Lipinski definition) is 1. The Labute approximate surface area is 170 Å². The quantitative estimate of drug-likeness (QED) is 0.611. The van der Waals surface area contributed by atoms with Crippen LogP contribution in [0.4, 0.5) is 5.82 Å². The van der Waals surface area contributed by atoms with Crippen molar-refractivity contribution in [2.75, 3.05) is 51.3 Å². The number of piperazine rings is 1. The number of fused-ring (bicyclic) bond motifs is 1. The van der Waals surface area contributed by atoms with Gasteiger partial charge in [-0.2, -0.15) is 5.10 Å². The van der Waals surface area contributed by atoms with Gasteiger partial charge in [0.1, 0.15) is 0 Å². The Hall–Kier alpha value is -2.44. The number of H-pyrrole nitrogens is 1. The van der Waals surface area contributed by atoms with E-state index >= 15 is 0 Å². The van der Waals surface area contributed by atoms with Crippen LogP contribution < -0.4 is 14.4 Å². The molecule has 4 rings (SSSR count). The van der Waals surface area contributed by atoms with Crippen LogP contribution in [0.2, 0.25) is 5.02 Å². The summed E-state index contributed by atoms with van der Waals surface area (Å²) in [6.45, 7) is 5.70. The second kappa shape index (κ2) is 8.71. The van der Waals surface area contributed by atoms with Gasteiger partial charge in [0.15, 0.2) is 17.3 Å². The predicted molar refractivity (Wildman–Crippen MR) is 113 cm³/mol. The number of para-hydroxylation sites is 2. The number of ether oxygens (including phenoxy) is 2. The third-order valence-electron chi connectivity index (χ3n) is 5.12. The van der Waals surface area contributed by atoms with E-state index in [1.54, 1.807) is 7.11 Å². The first-order chi connectivity index (χ1) is 13.7. The minimum absolute atomic E-state index is 0.686. The molecular formula is C21H25ClN4O2. The van der Waals surface area contributed by atoms with Crippen LogP contribution in [0, 0.1) is 0 Å². The first-order valence-corrected chi connectivity index (χ1v) is 9.99. The Bertz CT molecular complexity index is 922. The Morgan fingerprint density at radius 3 is 2.64 bits per heavy atom. The van der Waals surface area contributed by atoms with Crippen LogP contribution >= 0.6 is 11.6 Å². The summed E-state index contributed by atoms with van der Waals surface area (Å²) in [5, 5.41) is 9.44. The molecule has 0 amide bonds. The maximum atomic E-state index is 6.06. The van der Waals surface area contributed by atoms with E-state index in [1.165, 1.54) is 0 Å². The molecule has 0 bridgehead atoms. The van der Waals surface area contributed by atoms with Crippen molar-refractivity contribution in [1.82, 2.24) is 15.1 Å². The van der Waals surface area contributed by atoms with Crippen molar-refractivity contribution in [1.29, 1.82) is 0 Å². The van der Waals surface area contributed by atoms with Gasteiger partial charge in [0.05, 0.1) is 19.2 Å². The topological polar surface area (TPSA) is 53.6 Å². The van der Waals surface area contributed by atoms with Gasteiger partial charge in [0.25, 0.3) is 0 Å². The fourth-order valence-corrected chi connectivity index (χ4v) is 3.78. The van der Waals surface area contributed by atoms with E-state index < -0.39 is 0 Å². The van der Waals surface area contributed by atoms with Crippen molar-refractivity contribution >= 4 is 28.3 Å². The number of aromatic amines is 1. The molecule has 2 aromatic carbocycles. The Morgan fingerprint density at radius 1 is 1.07 bits per heavy atom. The highest BCUT2D eigenvalue weighted by molar-refractivity contribution is 6.31. The summed E-state index contributed by atoms with van der Waals surface area (Å²) in [5.74, 6) is 2.61. The molecule has 7 heteroatoms. The lowest BCUT2D eigenvalue weighted by Crippen LogP contribution is -2.47. The number of benzene rings is 2. The van der Waals surface area contributed by atoms with E-state index in [2.05, 4.69) is 20.0 Å². The maximum Gasteiger partial charge on any atom is 0.161 e. The van der Waals surface area contributed by atoms with Gasteiger partial charge in [-0.3, -0.25) is 10.00 Å². The monoisotopic (exact) mass is 400 g/mol. The molecule has 1 N–H and O–H groups in total. The van der Waals surface area contributed by atoms with Gasteiger partial charge in [0.2, 0.25) is 0 Å². The van der Waals surface area contributed by atoms with Crippen molar-refractivity contribution < 1.29 is 9.47 Å². The van der Waals surface area contributed by atoms with Gasteiger partial charge >= 0.3 is 0 Å². The van der Waals surface area contributed by atoms with Crippen LogP contribution in [0.3, 0.4) is 0 Å². The Kier molecular flexibility index (Phi) is 5.88. The number of nitrogens with one attached hydrogen (secondary N) is 1. The summed E-state index contributed by atoms with van der Waals surface area (Å²) in [4.78, 5) is 4.82. The average molecular weight is 401 g/mol. The van der Waals surface area contributed by atoms with Gasteiger partial charge in [-0.25, -0.2) is 0 Å². The van der Waals surface area contributed by atoms with Crippen LogP contribution in [0.15, 0.2) is 42.5 Å². The third kappa shape index (κ3) is 4.18. The number of halogens is 1. The van der Waals surface area contributed by atoms with Crippen LogP contribution in [0.25, 0.3) is 10.9 Å². The van der Waals surface area contributed by atoms with E-state index in [1.807, 2.05) is 42.5 Å². The van der Waals surface area contributed by atoms with Crippen LogP contribution in [0.1, 0.15) is 6.42 Å². The summed E-state index contributed by atoms with van der Waals surface area (Å²) < 4.78 is 11.2. The number of anilines is 1. The highest BCUT2D eigenvalue weighted by Crippen LogP contribution is 2.27. The summed E-state index contributed by atoms with van der Waals surface area (Å²) in [7, 11) is 1.67. The highest BCUT2D eigenvalue weighted by Gasteiger charge is 2.20. The van der Waals surface area contributed by atoms with E-state index in [9.17, 15) is 0 Å². The minimum atomic E-state index is 0.686.